The van der Waals surface area contributed by atoms with Gasteiger partial charge in [0.15, 0.2) is 17.2 Å². The third-order valence-electron chi connectivity index (χ3n) is 6.11. The largest absolute Gasteiger partial charge is 0.473 e. The van der Waals surface area contributed by atoms with Crippen LogP contribution in [0.3, 0.4) is 0 Å². The maximum atomic E-state index is 13.6. The number of amides is 1. The number of benzene rings is 3. The molecule has 0 saturated heterocycles. The van der Waals surface area contributed by atoms with Gasteiger partial charge in [0.1, 0.15) is 6.61 Å². The van der Waals surface area contributed by atoms with Gasteiger partial charge in [0.05, 0.1) is 18.4 Å². The van der Waals surface area contributed by atoms with Crippen molar-refractivity contribution >= 4 is 17.6 Å². The molecule has 5 rings (SSSR count). The van der Waals surface area contributed by atoms with Gasteiger partial charge in [0, 0.05) is 30.4 Å². The van der Waals surface area contributed by atoms with Gasteiger partial charge >= 0.3 is 12.1 Å². The van der Waals surface area contributed by atoms with Crippen LogP contribution in [0.25, 0.3) is 5.69 Å². The van der Waals surface area contributed by atoms with Gasteiger partial charge in [0.25, 0.3) is 5.91 Å². The van der Waals surface area contributed by atoms with Crippen molar-refractivity contribution in [3.63, 3.8) is 0 Å². The number of aromatic nitrogens is 2. The molecule has 1 aliphatic rings. The second kappa shape index (κ2) is 10.6. The molecular weight excluding hydrogens is 531 g/mol. The first-order valence-corrected chi connectivity index (χ1v) is 11.9. The van der Waals surface area contributed by atoms with E-state index in [1.54, 1.807) is 49.5 Å². The number of carbonyl (C=O) groups excluding carboxylic acids is 2. The molecule has 0 fully saturated rings. The Morgan fingerprint density at radius 3 is 2.45 bits per heavy atom. The molecule has 1 amide bonds. The molecule has 2 heterocycles. The lowest BCUT2D eigenvalue weighted by atomic mass is 10.1. The van der Waals surface area contributed by atoms with Crippen LogP contribution in [0.2, 0.25) is 0 Å². The zero-order valence-electron chi connectivity index (χ0n) is 21.3. The monoisotopic (exact) mass is 553 g/mol. The molecule has 4 aromatic rings. The fraction of sp³-hybridized carbons (Fsp3) is 0.179. The highest BCUT2D eigenvalue weighted by atomic mass is 19.4. The van der Waals surface area contributed by atoms with Crippen LogP contribution >= 0.6 is 0 Å². The smallest absolute Gasteiger partial charge is 0.435 e. The van der Waals surface area contributed by atoms with Crippen molar-refractivity contribution in [1.29, 1.82) is 0 Å². The van der Waals surface area contributed by atoms with Crippen molar-refractivity contribution in [3.05, 3.63) is 95.2 Å². The predicted octanol–water partition coefficient (Wildman–Crippen LogP) is 5.26. The molecule has 3 aromatic carbocycles. The Bertz CT molecular complexity index is 1570. The van der Waals surface area contributed by atoms with Crippen LogP contribution in [-0.2, 0) is 17.5 Å². The summed E-state index contributed by atoms with van der Waals surface area (Å²) < 4.78 is 62.7. The Labute approximate surface area is 226 Å². The highest BCUT2D eigenvalue weighted by Gasteiger charge is 2.35. The molecule has 0 radical (unpaired) electrons. The summed E-state index contributed by atoms with van der Waals surface area (Å²) in [4.78, 5) is 26.3. The quantitative estimate of drug-likeness (QED) is 0.288. The van der Waals surface area contributed by atoms with Crippen LogP contribution in [0.1, 0.15) is 32.0 Å². The average molecular weight is 553 g/mol. The van der Waals surface area contributed by atoms with E-state index in [0.717, 1.165) is 10.7 Å². The molecule has 0 aliphatic carbocycles. The van der Waals surface area contributed by atoms with Crippen LogP contribution < -0.4 is 19.1 Å². The number of fused-ring (bicyclic) bond motifs is 1. The first-order chi connectivity index (χ1) is 19.1. The number of hydrogen-bond acceptors (Lipinski definition) is 7. The number of rotatable bonds is 7. The number of hydrogen-bond donors (Lipinski definition) is 0. The summed E-state index contributed by atoms with van der Waals surface area (Å²) in [7, 11) is 2.83. The third-order valence-corrected chi connectivity index (χ3v) is 6.11. The summed E-state index contributed by atoms with van der Waals surface area (Å²) in [5.41, 5.74) is 0.715. The molecule has 1 aromatic heterocycles. The van der Waals surface area contributed by atoms with E-state index in [1.165, 1.54) is 36.3 Å². The minimum atomic E-state index is -4.72. The number of esters is 1. The molecule has 0 N–H and O–H groups in total. The molecule has 40 heavy (non-hydrogen) atoms. The number of alkyl halides is 3. The first-order valence-electron chi connectivity index (χ1n) is 11.9. The second-order valence-electron chi connectivity index (χ2n) is 8.71. The second-order valence-corrected chi connectivity index (χ2v) is 8.71. The van der Waals surface area contributed by atoms with E-state index in [1.807, 2.05) is 0 Å². The maximum Gasteiger partial charge on any atom is 0.435 e. The van der Waals surface area contributed by atoms with Gasteiger partial charge < -0.3 is 23.8 Å². The highest BCUT2D eigenvalue weighted by Crippen LogP contribution is 2.36. The molecule has 0 atom stereocenters. The summed E-state index contributed by atoms with van der Waals surface area (Å²) in [5.74, 6) is -0.0318. The Morgan fingerprint density at radius 2 is 1.73 bits per heavy atom. The van der Waals surface area contributed by atoms with Gasteiger partial charge in [-0.2, -0.15) is 18.3 Å². The predicted molar refractivity (Wildman–Crippen MR) is 136 cm³/mol. The zero-order chi connectivity index (χ0) is 28.4. The minimum absolute atomic E-state index is 0.0888. The van der Waals surface area contributed by atoms with Crippen molar-refractivity contribution in [2.24, 2.45) is 0 Å². The van der Waals surface area contributed by atoms with E-state index in [2.05, 4.69) is 9.84 Å². The lowest BCUT2D eigenvalue weighted by molar-refractivity contribution is -0.141. The Kier molecular flexibility index (Phi) is 7.07. The summed E-state index contributed by atoms with van der Waals surface area (Å²) in [6, 6.07) is 18.1. The van der Waals surface area contributed by atoms with E-state index in [9.17, 15) is 22.8 Å². The number of ether oxygens (including phenoxy) is 4. The number of nitrogens with zero attached hydrogens (tertiary/aromatic N) is 3. The van der Waals surface area contributed by atoms with Gasteiger partial charge in [-0.05, 0) is 48.0 Å². The fourth-order valence-corrected chi connectivity index (χ4v) is 3.98. The van der Waals surface area contributed by atoms with Crippen LogP contribution in [-0.4, -0.2) is 42.6 Å². The summed E-state index contributed by atoms with van der Waals surface area (Å²) in [6.45, 7) is -0.0125. The summed E-state index contributed by atoms with van der Waals surface area (Å²) in [5, 5.41) is 3.71. The zero-order valence-corrected chi connectivity index (χ0v) is 21.3. The van der Waals surface area contributed by atoms with E-state index < -0.39 is 23.7 Å². The van der Waals surface area contributed by atoms with Gasteiger partial charge in [-0.25, -0.2) is 9.48 Å². The topological polar surface area (TPSA) is 92.1 Å². The molecule has 1 aliphatic heterocycles. The Morgan fingerprint density at radius 1 is 0.975 bits per heavy atom. The van der Waals surface area contributed by atoms with Crippen LogP contribution in [0, 0.1) is 0 Å². The molecule has 0 unspecified atom stereocenters. The minimum Gasteiger partial charge on any atom is -0.473 e. The van der Waals surface area contributed by atoms with Crippen LogP contribution in [0.4, 0.5) is 18.9 Å². The summed E-state index contributed by atoms with van der Waals surface area (Å²) >= 11 is 0. The van der Waals surface area contributed by atoms with Gasteiger partial charge in [-0.1, -0.05) is 18.2 Å². The SMILES string of the molecule is COC(=O)c1ccc(COc2cc(C(F)(F)F)nn2-c2cccc(C(=O)N(C)c3ccc4c(c3)OCO4)c2)cc1. The molecular formula is C28H22F3N3O6. The van der Waals surface area contributed by atoms with Crippen LogP contribution in [0.5, 0.6) is 17.4 Å². The molecule has 9 nitrogen and oxygen atoms in total. The van der Waals surface area contributed by atoms with E-state index in [-0.39, 0.29) is 30.5 Å². The van der Waals surface area contributed by atoms with E-state index in [0.29, 0.717) is 28.3 Å². The van der Waals surface area contributed by atoms with Crippen LogP contribution in [0.15, 0.2) is 72.8 Å². The first kappa shape index (κ1) is 26.6. The van der Waals surface area contributed by atoms with Crippen molar-refractivity contribution in [3.8, 4) is 23.1 Å². The van der Waals surface area contributed by atoms with E-state index >= 15 is 0 Å². The number of methoxy groups -OCH3 is 1. The lowest BCUT2D eigenvalue weighted by Gasteiger charge is -2.18. The molecule has 0 spiro atoms. The van der Waals surface area contributed by atoms with Crippen molar-refractivity contribution in [1.82, 2.24) is 9.78 Å². The molecule has 206 valence electrons. The van der Waals surface area contributed by atoms with Gasteiger partial charge in [-0.15, -0.1) is 0 Å². The number of carbonyl (C=O) groups is 2. The Balaban J connectivity index is 1.40. The van der Waals surface area contributed by atoms with Crippen molar-refractivity contribution < 1.29 is 41.7 Å². The number of halogens is 3. The fourth-order valence-electron chi connectivity index (χ4n) is 3.98. The van der Waals surface area contributed by atoms with Gasteiger partial charge in [-0.3, -0.25) is 4.79 Å². The summed E-state index contributed by atoms with van der Waals surface area (Å²) in [6.07, 6.45) is -4.72. The molecule has 0 bridgehead atoms. The number of anilines is 1. The maximum absolute atomic E-state index is 13.6. The van der Waals surface area contributed by atoms with Gasteiger partial charge in [0.2, 0.25) is 12.7 Å². The molecule has 0 saturated carbocycles. The van der Waals surface area contributed by atoms with Crippen molar-refractivity contribution in [2.45, 2.75) is 12.8 Å². The van der Waals surface area contributed by atoms with E-state index in [4.69, 9.17) is 14.2 Å². The normalized spacial score (nSPS) is 12.2. The average Bonchev–Trinajstić information content (AvgIpc) is 3.62. The molecule has 12 heteroatoms. The Hall–Kier alpha value is -5.00. The highest BCUT2D eigenvalue weighted by molar-refractivity contribution is 6.06. The lowest BCUT2D eigenvalue weighted by Crippen LogP contribution is -2.26. The third kappa shape index (κ3) is 5.41. The van der Waals surface area contributed by atoms with Crippen molar-refractivity contribution in [2.75, 3.05) is 25.9 Å². The standard InChI is InChI=1S/C28H22F3N3O6/c1-33(20-10-11-22-23(13-20)40-16-39-22)26(35)19-4-3-5-21(12-19)34-25(14-24(32-34)28(29,30)31)38-15-17-6-8-18(9-7-17)27(36)37-2/h3-14H,15-16H2,1-2H3.